The number of piperidine rings is 1. The van der Waals surface area contributed by atoms with Crippen molar-refractivity contribution in [2.75, 3.05) is 13.1 Å². The van der Waals surface area contributed by atoms with Gasteiger partial charge in [0.25, 0.3) is 5.91 Å². The Kier molecular flexibility index (Phi) is 6.90. The van der Waals surface area contributed by atoms with E-state index in [9.17, 15) is 9.90 Å². The molecule has 1 heterocycles. The third-order valence-corrected chi connectivity index (χ3v) is 6.03. The summed E-state index contributed by atoms with van der Waals surface area (Å²) in [5, 5.41) is 11.3. The molecule has 4 rings (SSSR count). The molecule has 5 heteroatoms. The fourth-order valence-corrected chi connectivity index (χ4v) is 4.25. The van der Waals surface area contributed by atoms with Crippen molar-refractivity contribution >= 4 is 17.5 Å². The zero-order chi connectivity index (χ0) is 21.6. The van der Waals surface area contributed by atoms with Gasteiger partial charge in [0.1, 0.15) is 12.4 Å². The van der Waals surface area contributed by atoms with Crippen LogP contribution in [0.1, 0.15) is 40.4 Å². The first kappa shape index (κ1) is 21.4. The summed E-state index contributed by atoms with van der Waals surface area (Å²) < 4.78 is 5.86. The van der Waals surface area contributed by atoms with Crippen LogP contribution in [0.3, 0.4) is 0 Å². The molecule has 0 bridgehead atoms. The summed E-state index contributed by atoms with van der Waals surface area (Å²) in [4.78, 5) is 14.9. The first-order chi connectivity index (χ1) is 15.1. The molecular formula is C26H26ClNO3. The van der Waals surface area contributed by atoms with Crippen LogP contribution in [0.15, 0.2) is 78.9 Å². The van der Waals surface area contributed by atoms with E-state index in [1.54, 1.807) is 6.07 Å². The summed E-state index contributed by atoms with van der Waals surface area (Å²) in [6, 6.07) is 24.6. The molecule has 1 aliphatic rings. The molecule has 1 aliphatic heterocycles. The maximum absolute atomic E-state index is 13.0. The number of rotatable bonds is 6. The predicted octanol–water partition coefficient (Wildman–Crippen LogP) is 5.50. The zero-order valence-corrected chi connectivity index (χ0v) is 18.0. The van der Waals surface area contributed by atoms with Gasteiger partial charge in [-0.1, -0.05) is 60.1 Å². The van der Waals surface area contributed by atoms with Crippen LogP contribution in [-0.4, -0.2) is 29.0 Å². The fourth-order valence-electron chi connectivity index (χ4n) is 4.04. The standard InChI is InChI=1S/C26H26ClNO3/c27-23-10-4-6-19(16-23)18-31-24-11-5-9-22(17-24)26(30)28-14-12-21(13-15-28)25(29)20-7-2-1-3-8-20/h1-11,16-17,21,25,29H,12-15,18H2. The second-order valence-corrected chi connectivity index (χ2v) is 8.37. The van der Waals surface area contributed by atoms with E-state index in [2.05, 4.69) is 0 Å². The summed E-state index contributed by atoms with van der Waals surface area (Å²) in [5.74, 6) is 0.819. The number of hydrogen-bond acceptors (Lipinski definition) is 3. The number of ether oxygens (including phenoxy) is 1. The Bertz CT molecular complexity index is 1020. The van der Waals surface area contributed by atoms with E-state index in [1.807, 2.05) is 77.7 Å². The molecule has 0 saturated carbocycles. The van der Waals surface area contributed by atoms with E-state index in [1.165, 1.54) is 0 Å². The molecular weight excluding hydrogens is 410 g/mol. The summed E-state index contributed by atoms with van der Waals surface area (Å²) >= 11 is 6.02. The summed E-state index contributed by atoms with van der Waals surface area (Å²) in [6.07, 6.45) is 1.08. The molecule has 0 spiro atoms. The molecule has 1 amide bonds. The predicted molar refractivity (Wildman–Crippen MR) is 122 cm³/mol. The van der Waals surface area contributed by atoms with E-state index in [0.29, 0.717) is 36.0 Å². The fraction of sp³-hybridized carbons (Fsp3) is 0.269. The van der Waals surface area contributed by atoms with Crippen LogP contribution in [0.4, 0.5) is 0 Å². The van der Waals surface area contributed by atoms with Crippen LogP contribution in [0.5, 0.6) is 5.75 Å². The van der Waals surface area contributed by atoms with Crippen molar-refractivity contribution in [1.29, 1.82) is 0 Å². The third kappa shape index (κ3) is 5.46. The number of benzene rings is 3. The van der Waals surface area contributed by atoms with Crippen molar-refractivity contribution in [3.8, 4) is 5.75 Å². The number of aliphatic hydroxyl groups is 1. The Balaban J connectivity index is 1.34. The van der Waals surface area contributed by atoms with Gasteiger partial charge >= 0.3 is 0 Å². The molecule has 3 aromatic rings. The molecule has 0 aromatic heterocycles. The largest absolute Gasteiger partial charge is 0.489 e. The highest BCUT2D eigenvalue weighted by atomic mass is 35.5. The Morgan fingerprint density at radius 2 is 1.74 bits per heavy atom. The normalized spacial score (nSPS) is 15.5. The van der Waals surface area contributed by atoms with Gasteiger partial charge in [0.15, 0.2) is 0 Å². The number of halogens is 1. The molecule has 160 valence electrons. The zero-order valence-electron chi connectivity index (χ0n) is 17.3. The van der Waals surface area contributed by atoms with Gasteiger partial charge < -0.3 is 14.7 Å². The van der Waals surface area contributed by atoms with Crippen molar-refractivity contribution in [2.45, 2.75) is 25.6 Å². The maximum Gasteiger partial charge on any atom is 0.253 e. The van der Waals surface area contributed by atoms with Crippen LogP contribution in [0, 0.1) is 5.92 Å². The average molecular weight is 436 g/mol. The van der Waals surface area contributed by atoms with E-state index >= 15 is 0 Å². The third-order valence-electron chi connectivity index (χ3n) is 5.79. The molecule has 31 heavy (non-hydrogen) atoms. The maximum atomic E-state index is 13.0. The lowest BCUT2D eigenvalue weighted by molar-refractivity contribution is 0.0462. The van der Waals surface area contributed by atoms with Crippen molar-refractivity contribution in [2.24, 2.45) is 5.92 Å². The van der Waals surface area contributed by atoms with Crippen LogP contribution in [0.25, 0.3) is 0 Å². The van der Waals surface area contributed by atoms with Gasteiger partial charge in [0, 0.05) is 23.7 Å². The van der Waals surface area contributed by atoms with Crippen LogP contribution >= 0.6 is 11.6 Å². The van der Waals surface area contributed by atoms with Crippen LogP contribution in [0.2, 0.25) is 5.02 Å². The second kappa shape index (κ2) is 9.99. The molecule has 1 saturated heterocycles. The molecule has 1 N–H and O–H groups in total. The second-order valence-electron chi connectivity index (χ2n) is 7.93. The Hall–Kier alpha value is -2.82. The average Bonchev–Trinajstić information content (AvgIpc) is 2.83. The highest BCUT2D eigenvalue weighted by Gasteiger charge is 2.28. The van der Waals surface area contributed by atoms with Gasteiger partial charge in [-0.15, -0.1) is 0 Å². The van der Waals surface area contributed by atoms with Gasteiger partial charge in [-0.3, -0.25) is 4.79 Å². The molecule has 3 aromatic carbocycles. The van der Waals surface area contributed by atoms with Crippen molar-refractivity contribution < 1.29 is 14.6 Å². The summed E-state index contributed by atoms with van der Waals surface area (Å²) in [7, 11) is 0. The lowest BCUT2D eigenvalue weighted by Crippen LogP contribution is -2.39. The molecule has 4 nitrogen and oxygen atoms in total. The minimum Gasteiger partial charge on any atom is -0.489 e. The van der Waals surface area contributed by atoms with E-state index in [-0.39, 0.29) is 11.8 Å². The number of likely N-dealkylation sites (tertiary alicyclic amines) is 1. The van der Waals surface area contributed by atoms with Gasteiger partial charge in [0.2, 0.25) is 0 Å². The smallest absolute Gasteiger partial charge is 0.253 e. The Morgan fingerprint density at radius 3 is 2.48 bits per heavy atom. The number of aliphatic hydroxyl groups excluding tert-OH is 1. The van der Waals surface area contributed by atoms with Gasteiger partial charge in [-0.25, -0.2) is 0 Å². The number of carbonyl (C=O) groups is 1. The molecule has 0 aliphatic carbocycles. The highest BCUT2D eigenvalue weighted by Crippen LogP contribution is 2.31. The van der Waals surface area contributed by atoms with Crippen molar-refractivity contribution in [1.82, 2.24) is 4.90 Å². The first-order valence-corrected chi connectivity index (χ1v) is 11.0. The van der Waals surface area contributed by atoms with Gasteiger partial charge in [0.05, 0.1) is 6.10 Å². The Morgan fingerprint density at radius 1 is 1.00 bits per heavy atom. The minimum atomic E-state index is -0.485. The van der Waals surface area contributed by atoms with Gasteiger partial charge in [-0.05, 0) is 60.2 Å². The van der Waals surface area contributed by atoms with E-state index in [4.69, 9.17) is 16.3 Å². The van der Waals surface area contributed by atoms with Crippen molar-refractivity contribution in [3.05, 3.63) is 101 Å². The van der Waals surface area contributed by atoms with Crippen LogP contribution in [-0.2, 0) is 6.61 Å². The molecule has 1 atom stereocenters. The lowest BCUT2D eigenvalue weighted by atomic mass is 9.87. The topological polar surface area (TPSA) is 49.8 Å². The van der Waals surface area contributed by atoms with E-state index < -0.39 is 6.10 Å². The lowest BCUT2D eigenvalue weighted by Gasteiger charge is -2.34. The van der Waals surface area contributed by atoms with Crippen LogP contribution < -0.4 is 4.74 Å². The van der Waals surface area contributed by atoms with Crippen molar-refractivity contribution in [3.63, 3.8) is 0 Å². The molecule has 1 fully saturated rings. The van der Waals surface area contributed by atoms with Gasteiger partial charge in [-0.2, -0.15) is 0 Å². The monoisotopic (exact) mass is 435 g/mol. The SMILES string of the molecule is O=C(c1cccc(OCc2cccc(Cl)c2)c1)N1CCC(C(O)c2ccccc2)CC1. The molecule has 0 radical (unpaired) electrons. The number of hydrogen-bond donors (Lipinski definition) is 1. The number of nitrogens with zero attached hydrogens (tertiary/aromatic N) is 1. The summed E-state index contributed by atoms with van der Waals surface area (Å²) in [6.45, 7) is 1.67. The first-order valence-electron chi connectivity index (χ1n) is 10.6. The number of amides is 1. The quantitative estimate of drug-likeness (QED) is 0.555. The highest BCUT2D eigenvalue weighted by molar-refractivity contribution is 6.30. The summed E-state index contributed by atoms with van der Waals surface area (Å²) in [5.41, 5.74) is 2.53. The Labute approximate surface area is 188 Å². The van der Waals surface area contributed by atoms with E-state index in [0.717, 1.165) is 24.0 Å². The number of carbonyl (C=O) groups excluding carboxylic acids is 1. The molecule has 1 unspecified atom stereocenters. The minimum absolute atomic E-state index is 0.000793.